The molecule has 1 saturated carbocycles. The van der Waals surface area contributed by atoms with Gasteiger partial charge in [-0.05, 0) is 37.0 Å². The van der Waals surface area contributed by atoms with Crippen LogP contribution in [0.4, 0.5) is 11.5 Å². The summed E-state index contributed by atoms with van der Waals surface area (Å²) < 4.78 is 1.46. The normalized spacial score (nSPS) is 14.9. The monoisotopic (exact) mass is 364 g/mol. The van der Waals surface area contributed by atoms with E-state index in [1.165, 1.54) is 17.4 Å². The van der Waals surface area contributed by atoms with Crippen molar-refractivity contribution in [2.75, 3.05) is 11.9 Å². The molecule has 2 aromatic rings. The van der Waals surface area contributed by atoms with Crippen LogP contribution in [0.25, 0.3) is 6.58 Å². The van der Waals surface area contributed by atoms with E-state index in [1.54, 1.807) is 13.1 Å². The summed E-state index contributed by atoms with van der Waals surface area (Å²) >= 11 is 0. The zero-order chi connectivity index (χ0) is 19.0. The lowest BCUT2D eigenvalue weighted by molar-refractivity contribution is -0.109. The molecule has 1 amide bonds. The van der Waals surface area contributed by atoms with Gasteiger partial charge >= 0.3 is 0 Å². The number of rotatable bonds is 6. The lowest BCUT2D eigenvalue weighted by Crippen LogP contribution is -2.31. The molecule has 2 heterocycles. The summed E-state index contributed by atoms with van der Waals surface area (Å²) in [6.07, 6.45) is 4.65. The Morgan fingerprint density at radius 3 is 2.89 bits per heavy atom. The average molecular weight is 364 g/mol. The maximum atomic E-state index is 12.9. The molecule has 8 heteroatoms. The Bertz CT molecular complexity index is 1110. The number of hydrogen-bond acceptors (Lipinski definition) is 6. The highest BCUT2D eigenvalue weighted by Gasteiger charge is 2.23. The van der Waals surface area contributed by atoms with Crippen LogP contribution in [0, 0.1) is 12.8 Å². The highest BCUT2D eigenvalue weighted by atomic mass is 16.1. The van der Waals surface area contributed by atoms with Gasteiger partial charge in [-0.3, -0.25) is 9.59 Å². The van der Waals surface area contributed by atoms with Gasteiger partial charge in [0.1, 0.15) is 0 Å². The number of aryl methyl sites for hydroxylation is 1. The third-order valence-electron chi connectivity index (χ3n) is 4.75. The van der Waals surface area contributed by atoms with Gasteiger partial charge in [0.25, 0.3) is 5.56 Å². The molecule has 1 aromatic heterocycles. The molecule has 0 bridgehead atoms. The van der Waals surface area contributed by atoms with Gasteiger partial charge in [-0.2, -0.15) is 0 Å². The number of carbonyl (C=O) groups excluding carboxylic acids is 1. The van der Waals surface area contributed by atoms with E-state index < -0.39 is 0 Å². The van der Waals surface area contributed by atoms with Crippen LogP contribution >= 0.6 is 0 Å². The summed E-state index contributed by atoms with van der Waals surface area (Å²) in [5.74, 6) is 1.23. The van der Waals surface area contributed by atoms with E-state index >= 15 is 0 Å². The number of anilines is 1. The van der Waals surface area contributed by atoms with Crippen LogP contribution in [0.1, 0.15) is 24.1 Å². The summed E-state index contributed by atoms with van der Waals surface area (Å²) in [6, 6.07) is 3.64. The minimum Gasteiger partial charge on any atom is -0.365 e. The van der Waals surface area contributed by atoms with Crippen molar-refractivity contribution >= 4 is 30.5 Å². The first-order valence-electron chi connectivity index (χ1n) is 8.86. The number of nitrogens with zero attached hydrogens (tertiary/aromatic N) is 4. The molecule has 0 radical (unpaired) electrons. The quantitative estimate of drug-likeness (QED) is 0.715. The standard InChI is InChI=1S/C19H20N6O2/c1-11-3-6-15-16(14(11)9-20-10-26)24-19(23-15)25-12(2)7-21-17(18(25)27)22-8-13-4-5-13/h3,6-7,10,13H,1,4-5,8-9H2,2H3,(H,20,26)(H,21,22). The van der Waals surface area contributed by atoms with Crippen molar-refractivity contribution in [3.63, 3.8) is 0 Å². The second-order valence-corrected chi connectivity index (χ2v) is 6.81. The van der Waals surface area contributed by atoms with Crippen molar-refractivity contribution in [3.05, 3.63) is 50.5 Å². The molecule has 138 valence electrons. The number of hydrogen-bond donors (Lipinski definition) is 2. The Morgan fingerprint density at radius 1 is 1.33 bits per heavy atom. The molecule has 27 heavy (non-hydrogen) atoms. The molecular weight excluding hydrogens is 344 g/mol. The van der Waals surface area contributed by atoms with E-state index in [0.29, 0.717) is 47.4 Å². The molecule has 1 aromatic carbocycles. The van der Waals surface area contributed by atoms with Crippen molar-refractivity contribution in [1.82, 2.24) is 14.9 Å². The van der Waals surface area contributed by atoms with E-state index in [-0.39, 0.29) is 5.56 Å². The maximum Gasteiger partial charge on any atom is 0.300 e. The summed E-state index contributed by atoms with van der Waals surface area (Å²) in [5.41, 5.74) is 1.79. The molecule has 2 N–H and O–H groups in total. The highest BCUT2D eigenvalue weighted by Crippen LogP contribution is 2.28. The first-order valence-corrected chi connectivity index (χ1v) is 8.86. The van der Waals surface area contributed by atoms with Gasteiger partial charge in [-0.1, -0.05) is 12.6 Å². The predicted octanol–water partition coefficient (Wildman–Crippen LogP) is 0.199. The Morgan fingerprint density at radius 2 is 2.15 bits per heavy atom. The van der Waals surface area contributed by atoms with Crippen LogP contribution in [0.2, 0.25) is 0 Å². The lowest BCUT2D eigenvalue weighted by Gasteiger charge is -2.10. The minimum absolute atomic E-state index is 0.270. The van der Waals surface area contributed by atoms with Gasteiger partial charge in [-0.25, -0.2) is 19.5 Å². The van der Waals surface area contributed by atoms with Gasteiger partial charge in [0.2, 0.25) is 12.4 Å². The van der Waals surface area contributed by atoms with E-state index in [2.05, 4.69) is 32.2 Å². The number of carbonyl (C=O) groups is 1. The number of nitrogens with one attached hydrogen (secondary N) is 2. The Labute approximate surface area is 155 Å². The topological polar surface area (TPSA) is 101 Å². The fraction of sp³-hybridized carbons (Fsp3) is 0.316. The summed E-state index contributed by atoms with van der Waals surface area (Å²) in [6.45, 7) is 6.84. The second kappa shape index (κ2) is 6.79. The maximum absolute atomic E-state index is 12.9. The molecule has 4 rings (SSSR count). The van der Waals surface area contributed by atoms with E-state index in [4.69, 9.17) is 0 Å². The Balaban J connectivity index is 1.75. The zero-order valence-electron chi connectivity index (χ0n) is 15.0. The molecule has 0 spiro atoms. The fourth-order valence-corrected chi connectivity index (χ4v) is 3.02. The smallest absolute Gasteiger partial charge is 0.300 e. The van der Waals surface area contributed by atoms with Crippen molar-refractivity contribution in [2.24, 2.45) is 15.9 Å². The summed E-state index contributed by atoms with van der Waals surface area (Å²) in [4.78, 5) is 36.9. The third kappa shape index (κ3) is 3.25. The van der Waals surface area contributed by atoms with E-state index in [9.17, 15) is 9.59 Å². The van der Waals surface area contributed by atoms with Crippen LogP contribution < -0.4 is 26.8 Å². The van der Waals surface area contributed by atoms with Gasteiger partial charge in [0.15, 0.2) is 5.82 Å². The Hall–Kier alpha value is -3.29. The first kappa shape index (κ1) is 17.1. The van der Waals surface area contributed by atoms with Crippen molar-refractivity contribution in [1.29, 1.82) is 0 Å². The lowest BCUT2D eigenvalue weighted by atomic mass is 10.1. The van der Waals surface area contributed by atoms with Crippen molar-refractivity contribution in [2.45, 2.75) is 26.3 Å². The van der Waals surface area contributed by atoms with E-state index in [1.807, 2.05) is 12.1 Å². The second-order valence-electron chi connectivity index (χ2n) is 6.81. The molecule has 0 atom stereocenters. The number of aromatic nitrogens is 2. The SMILES string of the molecule is C=c1ccc2c(c1CNC=O)N=C(n1c(C)cnc(NCC3CC3)c1=O)N=2. The molecular formula is C19H20N6O2. The largest absolute Gasteiger partial charge is 0.365 e. The van der Waals surface area contributed by atoms with Crippen LogP contribution in [-0.2, 0) is 11.3 Å². The molecule has 2 aliphatic rings. The first-order chi connectivity index (χ1) is 13.1. The predicted molar refractivity (Wildman–Crippen MR) is 103 cm³/mol. The molecule has 0 saturated heterocycles. The average Bonchev–Trinajstić information content (AvgIpc) is 3.38. The number of benzene rings is 1. The van der Waals surface area contributed by atoms with Gasteiger partial charge in [0.05, 0.1) is 11.0 Å². The number of aliphatic imine (C=N–C) groups is 1. The van der Waals surface area contributed by atoms with Gasteiger partial charge in [-0.15, -0.1) is 0 Å². The summed E-state index contributed by atoms with van der Waals surface area (Å²) in [7, 11) is 0. The Kier molecular flexibility index (Phi) is 4.31. The van der Waals surface area contributed by atoms with Crippen molar-refractivity contribution < 1.29 is 4.79 Å². The highest BCUT2D eigenvalue weighted by molar-refractivity contribution is 5.89. The number of amides is 1. The van der Waals surface area contributed by atoms with Crippen molar-refractivity contribution in [3.8, 4) is 0 Å². The van der Waals surface area contributed by atoms with Crippen LogP contribution in [-0.4, -0.2) is 28.5 Å². The molecule has 0 unspecified atom stereocenters. The summed E-state index contributed by atoms with van der Waals surface area (Å²) in [5, 5.41) is 7.18. The van der Waals surface area contributed by atoms with Gasteiger partial charge < -0.3 is 10.6 Å². The van der Waals surface area contributed by atoms with Crippen LogP contribution in [0.15, 0.2) is 33.1 Å². The minimum atomic E-state index is -0.270. The molecule has 8 nitrogen and oxygen atoms in total. The van der Waals surface area contributed by atoms with Crippen LogP contribution in [0.3, 0.4) is 0 Å². The fourth-order valence-electron chi connectivity index (χ4n) is 3.02. The molecule has 1 aliphatic carbocycles. The third-order valence-corrected chi connectivity index (χ3v) is 4.75. The zero-order valence-corrected chi connectivity index (χ0v) is 15.0. The van der Waals surface area contributed by atoms with Crippen LogP contribution in [0.5, 0.6) is 0 Å². The van der Waals surface area contributed by atoms with E-state index in [0.717, 1.165) is 17.3 Å². The molecule has 1 fully saturated rings. The van der Waals surface area contributed by atoms with Gasteiger partial charge in [0, 0.05) is 30.5 Å². The number of fused-ring (bicyclic) bond motifs is 1. The molecule has 1 aliphatic heterocycles.